The minimum absolute atomic E-state index is 0.750. The van der Waals surface area contributed by atoms with Crippen molar-refractivity contribution in [3.05, 3.63) is 60.2 Å². The molecule has 25 heavy (non-hydrogen) atoms. The highest BCUT2D eigenvalue weighted by Gasteiger charge is 2.16. The summed E-state index contributed by atoms with van der Waals surface area (Å²) < 4.78 is 11.7. The summed E-state index contributed by atoms with van der Waals surface area (Å²) in [5, 5.41) is 0. The Bertz CT molecular complexity index is 625. The molecule has 1 fully saturated rings. The Labute approximate surface area is 151 Å². The van der Waals surface area contributed by atoms with Crippen LogP contribution in [0.5, 0.6) is 11.5 Å². The maximum Gasteiger partial charge on any atom is 0.122 e. The molecule has 0 N–H and O–H groups in total. The molecule has 1 aliphatic rings. The highest BCUT2D eigenvalue weighted by molar-refractivity contribution is 5.31. The van der Waals surface area contributed by atoms with Gasteiger partial charge in [-0.2, -0.15) is 0 Å². The normalized spacial score (nSPS) is 15.9. The molecule has 134 valence electrons. The predicted molar refractivity (Wildman–Crippen MR) is 101 cm³/mol. The van der Waals surface area contributed by atoms with Gasteiger partial charge in [-0.1, -0.05) is 36.4 Å². The molecule has 1 aliphatic heterocycles. The molecule has 4 nitrogen and oxygen atoms in total. The van der Waals surface area contributed by atoms with Crippen LogP contribution in [0.15, 0.2) is 54.6 Å². The number of benzene rings is 2. The minimum Gasteiger partial charge on any atom is -0.492 e. The third kappa shape index (κ3) is 5.76. The molecule has 0 atom stereocenters. The molecule has 0 radical (unpaired) electrons. The van der Waals surface area contributed by atoms with Crippen molar-refractivity contribution in [1.29, 1.82) is 0 Å². The Balaban J connectivity index is 1.29. The summed E-state index contributed by atoms with van der Waals surface area (Å²) in [6.07, 6.45) is 0. The van der Waals surface area contributed by atoms with E-state index in [4.69, 9.17) is 9.47 Å². The van der Waals surface area contributed by atoms with Crippen molar-refractivity contribution in [3.63, 3.8) is 0 Å². The zero-order valence-electron chi connectivity index (χ0n) is 15.1. The molecule has 1 heterocycles. The van der Waals surface area contributed by atoms with Crippen molar-refractivity contribution in [1.82, 2.24) is 9.80 Å². The second kappa shape index (κ2) is 9.44. The van der Waals surface area contributed by atoms with Crippen molar-refractivity contribution in [2.24, 2.45) is 0 Å². The first-order valence-corrected chi connectivity index (χ1v) is 9.12. The van der Waals surface area contributed by atoms with Crippen molar-refractivity contribution < 1.29 is 9.47 Å². The molecule has 0 unspecified atom stereocenters. The van der Waals surface area contributed by atoms with Crippen molar-refractivity contribution in [2.75, 3.05) is 52.5 Å². The van der Waals surface area contributed by atoms with Gasteiger partial charge in [0, 0.05) is 39.3 Å². The molecule has 0 aliphatic carbocycles. The van der Waals surface area contributed by atoms with Crippen LogP contribution in [0, 0.1) is 6.92 Å². The molecule has 1 saturated heterocycles. The lowest BCUT2D eigenvalue weighted by Crippen LogP contribution is -2.48. The highest BCUT2D eigenvalue weighted by Crippen LogP contribution is 2.16. The van der Waals surface area contributed by atoms with Crippen LogP contribution in [0.1, 0.15) is 5.56 Å². The van der Waals surface area contributed by atoms with E-state index in [0.29, 0.717) is 0 Å². The third-order valence-electron chi connectivity index (χ3n) is 4.64. The van der Waals surface area contributed by atoms with E-state index in [9.17, 15) is 0 Å². The Morgan fingerprint density at radius 3 is 1.92 bits per heavy atom. The van der Waals surface area contributed by atoms with E-state index in [2.05, 4.69) is 22.8 Å². The standard InChI is InChI=1S/C21H28N2O2/c1-19-7-5-6-10-21(19)25-18-16-23-13-11-22(12-14-23)15-17-24-20-8-3-2-4-9-20/h2-10H,11-18H2,1H3. The quantitative estimate of drug-likeness (QED) is 0.737. The summed E-state index contributed by atoms with van der Waals surface area (Å²) in [7, 11) is 0. The van der Waals surface area contributed by atoms with E-state index in [0.717, 1.165) is 64.0 Å². The number of nitrogens with zero attached hydrogens (tertiary/aromatic N) is 2. The first kappa shape index (κ1) is 17.8. The van der Waals surface area contributed by atoms with E-state index in [1.54, 1.807) is 0 Å². The number of ether oxygens (including phenoxy) is 2. The first-order valence-electron chi connectivity index (χ1n) is 9.12. The van der Waals surface area contributed by atoms with Crippen LogP contribution in [-0.2, 0) is 0 Å². The van der Waals surface area contributed by atoms with Gasteiger partial charge in [0.2, 0.25) is 0 Å². The van der Waals surface area contributed by atoms with Gasteiger partial charge in [-0.3, -0.25) is 9.80 Å². The van der Waals surface area contributed by atoms with Crippen LogP contribution in [0.25, 0.3) is 0 Å². The lowest BCUT2D eigenvalue weighted by atomic mass is 10.2. The average molecular weight is 340 g/mol. The van der Waals surface area contributed by atoms with Gasteiger partial charge in [-0.05, 0) is 30.7 Å². The Morgan fingerprint density at radius 2 is 1.28 bits per heavy atom. The lowest BCUT2D eigenvalue weighted by molar-refractivity contribution is 0.105. The topological polar surface area (TPSA) is 24.9 Å². The largest absolute Gasteiger partial charge is 0.492 e. The van der Waals surface area contributed by atoms with Gasteiger partial charge in [0.05, 0.1) is 0 Å². The van der Waals surface area contributed by atoms with Gasteiger partial charge in [-0.25, -0.2) is 0 Å². The fourth-order valence-corrected chi connectivity index (χ4v) is 3.05. The number of rotatable bonds is 8. The van der Waals surface area contributed by atoms with Crippen molar-refractivity contribution in [2.45, 2.75) is 6.92 Å². The molecule has 3 rings (SSSR count). The zero-order chi connectivity index (χ0) is 17.3. The maximum absolute atomic E-state index is 5.90. The minimum atomic E-state index is 0.750. The van der Waals surface area contributed by atoms with Crippen LogP contribution in [0.3, 0.4) is 0 Å². The number of aryl methyl sites for hydroxylation is 1. The predicted octanol–water partition coefficient (Wildman–Crippen LogP) is 3.07. The number of para-hydroxylation sites is 2. The summed E-state index contributed by atoms with van der Waals surface area (Å²) in [5.74, 6) is 1.95. The molecule has 0 spiro atoms. The first-order chi connectivity index (χ1) is 12.3. The third-order valence-corrected chi connectivity index (χ3v) is 4.64. The number of hydrogen-bond donors (Lipinski definition) is 0. The Morgan fingerprint density at radius 1 is 0.720 bits per heavy atom. The molecule has 2 aromatic carbocycles. The van der Waals surface area contributed by atoms with Crippen LogP contribution in [-0.4, -0.2) is 62.3 Å². The van der Waals surface area contributed by atoms with E-state index in [1.807, 2.05) is 48.5 Å². The van der Waals surface area contributed by atoms with Crippen LogP contribution in [0.4, 0.5) is 0 Å². The van der Waals surface area contributed by atoms with E-state index >= 15 is 0 Å². The summed E-state index contributed by atoms with van der Waals surface area (Å²) in [6, 6.07) is 18.2. The van der Waals surface area contributed by atoms with Gasteiger partial charge in [0.15, 0.2) is 0 Å². The number of piperazine rings is 1. The second-order valence-electron chi connectivity index (χ2n) is 6.46. The molecule has 2 aromatic rings. The summed E-state index contributed by atoms with van der Waals surface area (Å²) in [5.41, 5.74) is 1.20. The van der Waals surface area contributed by atoms with Crippen LogP contribution >= 0.6 is 0 Å². The van der Waals surface area contributed by atoms with E-state index in [-0.39, 0.29) is 0 Å². The summed E-state index contributed by atoms with van der Waals surface area (Å²) in [4.78, 5) is 4.95. The molecule has 0 aromatic heterocycles. The lowest BCUT2D eigenvalue weighted by Gasteiger charge is -2.34. The second-order valence-corrected chi connectivity index (χ2v) is 6.46. The fourth-order valence-electron chi connectivity index (χ4n) is 3.05. The van der Waals surface area contributed by atoms with Crippen molar-refractivity contribution >= 4 is 0 Å². The highest BCUT2D eigenvalue weighted by atomic mass is 16.5. The summed E-state index contributed by atoms with van der Waals surface area (Å²) >= 11 is 0. The van der Waals surface area contributed by atoms with Gasteiger partial charge in [0.25, 0.3) is 0 Å². The van der Waals surface area contributed by atoms with Crippen LogP contribution in [0.2, 0.25) is 0 Å². The Hall–Kier alpha value is -2.04. The van der Waals surface area contributed by atoms with E-state index < -0.39 is 0 Å². The van der Waals surface area contributed by atoms with Gasteiger partial charge in [-0.15, -0.1) is 0 Å². The summed E-state index contributed by atoms with van der Waals surface area (Å²) in [6.45, 7) is 9.97. The van der Waals surface area contributed by atoms with Gasteiger partial charge >= 0.3 is 0 Å². The van der Waals surface area contributed by atoms with Crippen molar-refractivity contribution in [3.8, 4) is 11.5 Å². The molecular formula is C21H28N2O2. The van der Waals surface area contributed by atoms with Gasteiger partial charge < -0.3 is 9.47 Å². The fraction of sp³-hybridized carbons (Fsp3) is 0.429. The molecule has 4 heteroatoms. The molecular weight excluding hydrogens is 312 g/mol. The molecule has 0 saturated carbocycles. The maximum atomic E-state index is 5.90. The van der Waals surface area contributed by atoms with Gasteiger partial charge in [0.1, 0.15) is 24.7 Å². The molecule has 0 amide bonds. The average Bonchev–Trinajstić information content (AvgIpc) is 2.65. The monoisotopic (exact) mass is 340 g/mol. The Kier molecular flexibility index (Phi) is 6.71. The zero-order valence-corrected chi connectivity index (χ0v) is 15.1. The SMILES string of the molecule is Cc1ccccc1OCCN1CCN(CCOc2ccccc2)CC1. The number of hydrogen-bond acceptors (Lipinski definition) is 4. The van der Waals surface area contributed by atoms with E-state index in [1.165, 1.54) is 5.56 Å². The van der Waals surface area contributed by atoms with Crippen LogP contribution < -0.4 is 9.47 Å². The smallest absolute Gasteiger partial charge is 0.122 e. The molecule has 0 bridgehead atoms.